The molecule has 3 aromatic rings. The van der Waals surface area contributed by atoms with E-state index in [2.05, 4.69) is 9.97 Å². The Morgan fingerprint density at radius 3 is 2.41 bits per heavy atom. The smallest absolute Gasteiger partial charge is 0.230 e. The maximum absolute atomic E-state index is 11.5. The Kier molecular flexibility index (Phi) is 3.54. The topological polar surface area (TPSA) is 69.2 Å². The summed E-state index contributed by atoms with van der Waals surface area (Å²) in [6, 6.07) is 12.1. The van der Waals surface area contributed by atoms with Crippen LogP contribution in [0.3, 0.4) is 0 Å². The molecule has 0 aliphatic rings. The molecule has 0 unspecified atom stereocenters. The zero-order valence-electron chi connectivity index (χ0n) is 12.1. The largest absolute Gasteiger partial charge is 0.438 e. The molecule has 22 heavy (non-hydrogen) atoms. The van der Waals surface area contributed by atoms with Crippen molar-refractivity contribution in [3.05, 3.63) is 54.4 Å². The van der Waals surface area contributed by atoms with Gasteiger partial charge in [0.15, 0.2) is 9.84 Å². The molecule has 1 aromatic heterocycles. The molecule has 1 heterocycles. The molecule has 5 nitrogen and oxygen atoms in total. The Morgan fingerprint density at radius 1 is 1.00 bits per heavy atom. The number of sulfone groups is 1. The average molecular weight is 314 g/mol. The van der Waals surface area contributed by atoms with E-state index in [0.29, 0.717) is 11.6 Å². The van der Waals surface area contributed by atoms with E-state index in [4.69, 9.17) is 4.74 Å². The summed E-state index contributed by atoms with van der Waals surface area (Å²) >= 11 is 0. The summed E-state index contributed by atoms with van der Waals surface area (Å²) in [4.78, 5) is 8.62. The fourth-order valence-electron chi connectivity index (χ4n) is 2.09. The molecule has 0 amide bonds. The molecule has 0 spiro atoms. The summed E-state index contributed by atoms with van der Waals surface area (Å²) in [5.74, 6) is 0.967. The number of ether oxygens (including phenoxy) is 1. The fourth-order valence-corrected chi connectivity index (χ4v) is 2.73. The van der Waals surface area contributed by atoms with Gasteiger partial charge in [0.25, 0.3) is 0 Å². The highest BCUT2D eigenvalue weighted by Crippen LogP contribution is 2.27. The van der Waals surface area contributed by atoms with Gasteiger partial charge in [-0.25, -0.2) is 18.4 Å². The van der Waals surface area contributed by atoms with E-state index >= 15 is 0 Å². The van der Waals surface area contributed by atoms with Crippen molar-refractivity contribution in [1.82, 2.24) is 9.97 Å². The number of aromatic nitrogens is 2. The summed E-state index contributed by atoms with van der Waals surface area (Å²) in [6.45, 7) is 1.98. The Hall–Kier alpha value is -2.47. The third-order valence-corrected chi connectivity index (χ3v) is 4.35. The van der Waals surface area contributed by atoms with Crippen LogP contribution >= 0.6 is 0 Å². The van der Waals surface area contributed by atoms with Crippen LogP contribution in [-0.4, -0.2) is 24.6 Å². The Balaban J connectivity index is 1.98. The van der Waals surface area contributed by atoms with E-state index in [0.717, 1.165) is 16.5 Å². The molecule has 0 saturated carbocycles. The predicted octanol–water partition coefficient (Wildman–Crippen LogP) is 3.13. The monoisotopic (exact) mass is 314 g/mol. The van der Waals surface area contributed by atoms with Gasteiger partial charge >= 0.3 is 0 Å². The zero-order valence-corrected chi connectivity index (χ0v) is 13.0. The lowest BCUT2D eigenvalue weighted by atomic mass is 10.2. The van der Waals surface area contributed by atoms with Crippen molar-refractivity contribution in [3.8, 4) is 11.6 Å². The molecule has 0 aliphatic heterocycles. The number of nitrogens with zero attached hydrogens (tertiary/aromatic N) is 2. The first-order valence-corrected chi connectivity index (χ1v) is 8.52. The first-order valence-electron chi connectivity index (χ1n) is 6.63. The second kappa shape index (κ2) is 5.38. The molecule has 6 heteroatoms. The Morgan fingerprint density at radius 2 is 1.73 bits per heavy atom. The standard InChI is InChI=1S/C16H14N2O3S/c1-11-3-8-15-14(9-11)16(18-10-17-15)21-12-4-6-13(7-5-12)22(2,19)20/h3-10H,1-2H3. The van der Waals surface area contributed by atoms with Gasteiger partial charge in [0.1, 0.15) is 12.1 Å². The lowest BCUT2D eigenvalue weighted by Gasteiger charge is -2.08. The third kappa shape index (κ3) is 2.92. The van der Waals surface area contributed by atoms with Crippen molar-refractivity contribution in [2.75, 3.05) is 6.26 Å². The highest BCUT2D eigenvalue weighted by molar-refractivity contribution is 7.90. The minimum absolute atomic E-state index is 0.253. The number of hydrogen-bond acceptors (Lipinski definition) is 5. The second-order valence-corrected chi connectivity index (χ2v) is 7.06. The van der Waals surface area contributed by atoms with Crippen LogP contribution in [0.4, 0.5) is 0 Å². The molecule has 0 bridgehead atoms. The van der Waals surface area contributed by atoms with Gasteiger partial charge in [-0.15, -0.1) is 0 Å². The normalized spacial score (nSPS) is 11.5. The van der Waals surface area contributed by atoms with Crippen LogP contribution in [0.1, 0.15) is 5.56 Å². The van der Waals surface area contributed by atoms with Gasteiger partial charge in [-0.2, -0.15) is 0 Å². The van der Waals surface area contributed by atoms with Crippen LogP contribution in [0, 0.1) is 6.92 Å². The van der Waals surface area contributed by atoms with Crippen molar-refractivity contribution in [2.45, 2.75) is 11.8 Å². The highest BCUT2D eigenvalue weighted by atomic mass is 32.2. The lowest BCUT2D eigenvalue weighted by Crippen LogP contribution is -1.97. The molecular weight excluding hydrogens is 300 g/mol. The van der Waals surface area contributed by atoms with Gasteiger partial charge in [-0.05, 0) is 43.3 Å². The summed E-state index contributed by atoms with van der Waals surface area (Å²) in [5.41, 5.74) is 1.88. The first-order chi connectivity index (χ1) is 10.4. The molecule has 0 atom stereocenters. The SMILES string of the molecule is Cc1ccc2ncnc(Oc3ccc(S(C)(=O)=O)cc3)c2c1. The minimum Gasteiger partial charge on any atom is -0.438 e. The average Bonchev–Trinajstić information content (AvgIpc) is 2.47. The summed E-state index contributed by atoms with van der Waals surface area (Å²) < 4.78 is 28.7. The highest BCUT2D eigenvalue weighted by Gasteiger charge is 2.09. The van der Waals surface area contributed by atoms with Crippen LogP contribution in [-0.2, 0) is 9.84 Å². The van der Waals surface area contributed by atoms with Gasteiger partial charge in [-0.3, -0.25) is 0 Å². The number of hydrogen-bond donors (Lipinski definition) is 0. The molecule has 112 valence electrons. The maximum Gasteiger partial charge on any atom is 0.230 e. The number of fused-ring (bicyclic) bond motifs is 1. The van der Waals surface area contributed by atoms with Crippen LogP contribution in [0.2, 0.25) is 0 Å². The molecule has 0 fully saturated rings. The predicted molar refractivity (Wildman–Crippen MR) is 83.9 cm³/mol. The second-order valence-electron chi connectivity index (χ2n) is 5.05. The molecule has 0 aliphatic carbocycles. The van der Waals surface area contributed by atoms with Crippen LogP contribution in [0.5, 0.6) is 11.6 Å². The molecule has 0 N–H and O–H groups in total. The molecule has 0 saturated heterocycles. The Labute approximate surface area is 128 Å². The van der Waals surface area contributed by atoms with Crippen molar-refractivity contribution in [2.24, 2.45) is 0 Å². The zero-order chi connectivity index (χ0) is 15.7. The quantitative estimate of drug-likeness (QED) is 0.743. The van der Waals surface area contributed by atoms with Crippen molar-refractivity contribution in [1.29, 1.82) is 0 Å². The van der Waals surface area contributed by atoms with Gasteiger partial charge in [-0.1, -0.05) is 11.6 Å². The van der Waals surface area contributed by atoms with E-state index in [1.54, 1.807) is 12.1 Å². The summed E-state index contributed by atoms with van der Waals surface area (Å²) in [7, 11) is -3.21. The molecule has 3 rings (SSSR count). The van der Waals surface area contributed by atoms with Crippen LogP contribution in [0.15, 0.2) is 53.7 Å². The molecular formula is C16H14N2O3S. The van der Waals surface area contributed by atoms with Gasteiger partial charge in [0.05, 0.1) is 15.8 Å². The summed E-state index contributed by atoms with van der Waals surface area (Å²) in [6.07, 6.45) is 2.61. The van der Waals surface area contributed by atoms with E-state index in [9.17, 15) is 8.42 Å². The first kappa shape index (κ1) is 14.5. The van der Waals surface area contributed by atoms with Crippen molar-refractivity contribution < 1.29 is 13.2 Å². The number of rotatable bonds is 3. The van der Waals surface area contributed by atoms with E-state index in [-0.39, 0.29) is 4.90 Å². The van der Waals surface area contributed by atoms with E-state index in [1.807, 2.05) is 25.1 Å². The molecule has 0 radical (unpaired) electrons. The lowest BCUT2D eigenvalue weighted by molar-refractivity contribution is 0.467. The van der Waals surface area contributed by atoms with E-state index < -0.39 is 9.84 Å². The third-order valence-electron chi connectivity index (χ3n) is 3.22. The summed E-state index contributed by atoms with van der Waals surface area (Å²) in [5, 5.41) is 0.815. The van der Waals surface area contributed by atoms with Crippen molar-refractivity contribution >= 4 is 20.7 Å². The minimum atomic E-state index is -3.21. The number of benzene rings is 2. The fraction of sp³-hybridized carbons (Fsp3) is 0.125. The van der Waals surface area contributed by atoms with Gasteiger partial charge in [0, 0.05) is 6.26 Å². The van der Waals surface area contributed by atoms with Crippen molar-refractivity contribution in [3.63, 3.8) is 0 Å². The Bertz CT molecular complexity index is 935. The van der Waals surface area contributed by atoms with Gasteiger partial charge in [0.2, 0.25) is 5.88 Å². The van der Waals surface area contributed by atoms with E-state index in [1.165, 1.54) is 24.7 Å². The molecule has 2 aromatic carbocycles. The van der Waals surface area contributed by atoms with Gasteiger partial charge < -0.3 is 4.74 Å². The number of aryl methyl sites for hydroxylation is 1. The van der Waals surface area contributed by atoms with Crippen LogP contribution in [0.25, 0.3) is 10.9 Å². The van der Waals surface area contributed by atoms with Crippen LogP contribution < -0.4 is 4.74 Å². The maximum atomic E-state index is 11.5.